The second-order valence-electron chi connectivity index (χ2n) is 4.35. The van der Waals surface area contributed by atoms with Crippen molar-refractivity contribution in [3.8, 4) is 23.0 Å². The van der Waals surface area contributed by atoms with Gasteiger partial charge in [-0.05, 0) is 37.2 Å². The van der Waals surface area contributed by atoms with Gasteiger partial charge < -0.3 is 19.9 Å². The number of ether oxygens (including phenoxy) is 3. The van der Waals surface area contributed by atoms with Gasteiger partial charge in [-0.25, -0.2) is 4.39 Å². The lowest BCUT2D eigenvalue weighted by molar-refractivity contribution is 0.344. The average molecular weight is 291 g/mol. The Morgan fingerprint density at radius 1 is 0.952 bits per heavy atom. The average Bonchev–Trinajstić information content (AvgIpc) is 2.51. The van der Waals surface area contributed by atoms with Crippen LogP contribution in [0.15, 0.2) is 36.4 Å². The van der Waals surface area contributed by atoms with Crippen LogP contribution in [0.1, 0.15) is 5.56 Å². The van der Waals surface area contributed by atoms with E-state index in [1.54, 1.807) is 30.3 Å². The Bertz CT molecular complexity index is 594. The van der Waals surface area contributed by atoms with Gasteiger partial charge in [0, 0.05) is 5.56 Å². The number of nitrogens with two attached hydrogens (primary N) is 1. The standard InChI is InChI=1S/C16H18FNO3/c1-19-14-7-4-8-15(20-2)16(14)21-13-6-3-5-12(17)11(13)9-10-18/h3-8H,9-10,18H2,1-2H3. The van der Waals surface area contributed by atoms with E-state index in [0.717, 1.165) is 0 Å². The van der Waals surface area contributed by atoms with E-state index in [9.17, 15) is 4.39 Å². The number of methoxy groups -OCH3 is 2. The molecule has 0 saturated carbocycles. The predicted molar refractivity (Wildman–Crippen MR) is 78.8 cm³/mol. The van der Waals surface area contributed by atoms with E-state index in [2.05, 4.69) is 0 Å². The number of rotatable bonds is 6. The minimum Gasteiger partial charge on any atom is -0.493 e. The maximum absolute atomic E-state index is 13.9. The molecule has 5 heteroatoms. The maximum Gasteiger partial charge on any atom is 0.211 e. The summed E-state index contributed by atoms with van der Waals surface area (Å²) < 4.78 is 30.3. The monoisotopic (exact) mass is 291 g/mol. The molecule has 2 N–H and O–H groups in total. The molecule has 2 aromatic carbocycles. The molecular weight excluding hydrogens is 273 g/mol. The van der Waals surface area contributed by atoms with Crippen molar-refractivity contribution < 1.29 is 18.6 Å². The van der Waals surface area contributed by atoms with Crippen molar-refractivity contribution in [3.05, 3.63) is 47.8 Å². The smallest absolute Gasteiger partial charge is 0.211 e. The fraction of sp³-hybridized carbons (Fsp3) is 0.250. The Labute approximate surface area is 123 Å². The minimum absolute atomic E-state index is 0.334. The lowest BCUT2D eigenvalue weighted by atomic mass is 10.1. The Balaban J connectivity index is 2.45. The number of hydrogen-bond donors (Lipinski definition) is 1. The molecule has 0 bridgehead atoms. The van der Waals surface area contributed by atoms with Crippen LogP contribution >= 0.6 is 0 Å². The first-order chi connectivity index (χ1) is 10.2. The van der Waals surface area contributed by atoms with Crippen LogP contribution in [0.2, 0.25) is 0 Å². The van der Waals surface area contributed by atoms with Crippen molar-refractivity contribution in [3.63, 3.8) is 0 Å². The summed E-state index contributed by atoms with van der Waals surface area (Å²) in [5.74, 6) is 1.50. The molecule has 0 spiro atoms. The number of para-hydroxylation sites is 1. The van der Waals surface area contributed by atoms with E-state index < -0.39 is 0 Å². The maximum atomic E-state index is 13.9. The third kappa shape index (κ3) is 3.25. The molecule has 2 rings (SSSR count). The highest BCUT2D eigenvalue weighted by atomic mass is 19.1. The van der Waals surface area contributed by atoms with Crippen LogP contribution in [-0.4, -0.2) is 20.8 Å². The van der Waals surface area contributed by atoms with Crippen LogP contribution in [0.4, 0.5) is 4.39 Å². The lowest BCUT2D eigenvalue weighted by Gasteiger charge is -2.16. The van der Waals surface area contributed by atoms with Gasteiger partial charge in [0.1, 0.15) is 11.6 Å². The van der Waals surface area contributed by atoms with E-state index in [1.807, 2.05) is 0 Å². The number of halogens is 1. The normalized spacial score (nSPS) is 10.3. The van der Waals surface area contributed by atoms with Crippen LogP contribution < -0.4 is 19.9 Å². The van der Waals surface area contributed by atoms with Crippen molar-refractivity contribution >= 4 is 0 Å². The number of hydrogen-bond acceptors (Lipinski definition) is 4. The van der Waals surface area contributed by atoms with Gasteiger partial charge in [-0.15, -0.1) is 0 Å². The molecule has 0 saturated heterocycles. The first kappa shape index (κ1) is 15.1. The second-order valence-corrected chi connectivity index (χ2v) is 4.35. The largest absolute Gasteiger partial charge is 0.493 e. The molecule has 0 aromatic heterocycles. The SMILES string of the molecule is COc1cccc(OC)c1Oc1cccc(F)c1CCN. The number of benzene rings is 2. The van der Waals surface area contributed by atoms with Gasteiger partial charge >= 0.3 is 0 Å². The van der Waals surface area contributed by atoms with E-state index in [-0.39, 0.29) is 5.82 Å². The summed E-state index contributed by atoms with van der Waals surface area (Å²) in [4.78, 5) is 0. The lowest BCUT2D eigenvalue weighted by Crippen LogP contribution is -2.06. The zero-order valence-corrected chi connectivity index (χ0v) is 12.1. The molecule has 0 fully saturated rings. The highest BCUT2D eigenvalue weighted by Crippen LogP contribution is 2.41. The Hall–Kier alpha value is -2.27. The second kappa shape index (κ2) is 6.95. The van der Waals surface area contributed by atoms with Gasteiger partial charge in [0.15, 0.2) is 11.5 Å². The van der Waals surface area contributed by atoms with Crippen molar-refractivity contribution in [2.75, 3.05) is 20.8 Å². The van der Waals surface area contributed by atoms with E-state index in [0.29, 0.717) is 41.5 Å². The van der Waals surface area contributed by atoms with E-state index in [4.69, 9.17) is 19.9 Å². The van der Waals surface area contributed by atoms with Gasteiger partial charge in [-0.2, -0.15) is 0 Å². The summed E-state index contributed by atoms with van der Waals surface area (Å²) in [5, 5.41) is 0. The molecule has 0 radical (unpaired) electrons. The summed E-state index contributed by atoms with van der Waals surface area (Å²) in [6.07, 6.45) is 0.388. The summed E-state index contributed by atoms with van der Waals surface area (Å²) in [6.45, 7) is 0.334. The van der Waals surface area contributed by atoms with E-state index >= 15 is 0 Å². The first-order valence-corrected chi connectivity index (χ1v) is 6.57. The van der Waals surface area contributed by atoms with Crippen molar-refractivity contribution in [2.24, 2.45) is 5.73 Å². The highest BCUT2D eigenvalue weighted by Gasteiger charge is 2.16. The minimum atomic E-state index is -0.341. The fourth-order valence-electron chi connectivity index (χ4n) is 2.05. The van der Waals surface area contributed by atoms with E-state index in [1.165, 1.54) is 20.3 Å². The van der Waals surface area contributed by atoms with Gasteiger partial charge in [0.25, 0.3) is 0 Å². The molecule has 0 heterocycles. The van der Waals surface area contributed by atoms with Gasteiger partial charge in [-0.3, -0.25) is 0 Å². The summed E-state index contributed by atoms with van der Waals surface area (Å²) in [6, 6.07) is 9.96. The molecule has 4 nitrogen and oxygen atoms in total. The third-order valence-electron chi connectivity index (χ3n) is 3.06. The zero-order valence-electron chi connectivity index (χ0n) is 12.1. The van der Waals surface area contributed by atoms with Gasteiger partial charge in [-0.1, -0.05) is 12.1 Å². The summed E-state index contributed by atoms with van der Waals surface area (Å²) in [7, 11) is 3.07. The van der Waals surface area contributed by atoms with Crippen LogP contribution in [-0.2, 0) is 6.42 Å². The Morgan fingerprint density at radius 2 is 1.52 bits per heavy atom. The Morgan fingerprint density at radius 3 is 2.10 bits per heavy atom. The topological polar surface area (TPSA) is 53.7 Å². The van der Waals surface area contributed by atoms with Crippen molar-refractivity contribution in [1.29, 1.82) is 0 Å². The van der Waals surface area contributed by atoms with Crippen molar-refractivity contribution in [1.82, 2.24) is 0 Å². The molecule has 0 atom stereocenters. The molecule has 0 unspecified atom stereocenters. The summed E-state index contributed by atoms with van der Waals surface area (Å²) in [5.41, 5.74) is 5.97. The Kier molecular flexibility index (Phi) is 5.00. The fourth-order valence-corrected chi connectivity index (χ4v) is 2.05. The molecule has 0 amide bonds. The molecule has 2 aromatic rings. The molecule has 0 aliphatic carbocycles. The molecular formula is C16H18FNO3. The van der Waals surface area contributed by atoms with Crippen LogP contribution in [0, 0.1) is 5.82 Å². The molecule has 0 aliphatic heterocycles. The van der Waals surface area contributed by atoms with Crippen molar-refractivity contribution in [2.45, 2.75) is 6.42 Å². The summed E-state index contributed by atoms with van der Waals surface area (Å²) >= 11 is 0. The molecule has 0 aliphatic rings. The zero-order chi connectivity index (χ0) is 15.2. The third-order valence-corrected chi connectivity index (χ3v) is 3.06. The molecule has 112 valence electrons. The van der Waals surface area contributed by atoms with Crippen LogP contribution in [0.3, 0.4) is 0 Å². The predicted octanol–water partition coefficient (Wildman–Crippen LogP) is 3.14. The first-order valence-electron chi connectivity index (χ1n) is 6.57. The molecule has 21 heavy (non-hydrogen) atoms. The van der Waals surface area contributed by atoms with Gasteiger partial charge in [0.05, 0.1) is 14.2 Å². The quantitative estimate of drug-likeness (QED) is 0.888. The highest BCUT2D eigenvalue weighted by molar-refractivity contribution is 5.54. The van der Waals surface area contributed by atoms with Crippen LogP contribution in [0.25, 0.3) is 0 Å². The van der Waals surface area contributed by atoms with Gasteiger partial charge in [0.2, 0.25) is 5.75 Å². The van der Waals surface area contributed by atoms with Crippen LogP contribution in [0.5, 0.6) is 23.0 Å².